The summed E-state index contributed by atoms with van der Waals surface area (Å²) < 4.78 is 0. The molecule has 1 atom stereocenters. The predicted octanol–water partition coefficient (Wildman–Crippen LogP) is 1.21. The predicted molar refractivity (Wildman–Crippen MR) is 53.7 cm³/mol. The standard InChI is InChI=1S/C11H9NO4/c13-9-6-8(7-4-2-1-3-5-7)10(14)12(9)11(15)16/h1-5,8H,6H2,(H,15,16). The van der Waals surface area contributed by atoms with Crippen LogP contribution < -0.4 is 0 Å². The van der Waals surface area contributed by atoms with E-state index in [1.54, 1.807) is 30.3 Å². The molecule has 5 nitrogen and oxygen atoms in total. The molecule has 0 aliphatic carbocycles. The van der Waals surface area contributed by atoms with Gasteiger partial charge in [0.25, 0.3) is 0 Å². The van der Waals surface area contributed by atoms with Gasteiger partial charge in [0.15, 0.2) is 0 Å². The van der Waals surface area contributed by atoms with Gasteiger partial charge >= 0.3 is 6.09 Å². The zero-order valence-electron chi connectivity index (χ0n) is 8.29. The molecule has 3 amide bonds. The number of rotatable bonds is 1. The summed E-state index contributed by atoms with van der Waals surface area (Å²) in [5.41, 5.74) is 0.671. The first-order chi connectivity index (χ1) is 7.61. The highest BCUT2D eigenvalue weighted by Gasteiger charge is 2.43. The average Bonchev–Trinajstić information content (AvgIpc) is 2.55. The minimum atomic E-state index is -1.51. The molecule has 0 radical (unpaired) electrons. The number of likely N-dealkylation sites (tertiary alicyclic amines) is 1. The van der Waals surface area contributed by atoms with Crippen LogP contribution >= 0.6 is 0 Å². The van der Waals surface area contributed by atoms with Crippen molar-refractivity contribution in [3.63, 3.8) is 0 Å². The van der Waals surface area contributed by atoms with Crippen molar-refractivity contribution in [3.05, 3.63) is 35.9 Å². The van der Waals surface area contributed by atoms with Crippen molar-refractivity contribution >= 4 is 17.9 Å². The fraction of sp³-hybridized carbons (Fsp3) is 0.182. The molecule has 1 aliphatic rings. The van der Waals surface area contributed by atoms with Crippen LogP contribution in [0.5, 0.6) is 0 Å². The Morgan fingerprint density at radius 1 is 1.25 bits per heavy atom. The Bertz CT molecular complexity index is 454. The van der Waals surface area contributed by atoms with Crippen LogP contribution in [0.15, 0.2) is 30.3 Å². The fourth-order valence-corrected chi connectivity index (χ4v) is 1.78. The van der Waals surface area contributed by atoms with Crippen molar-refractivity contribution in [2.45, 2.75) is 12.3 Å². The van der Waals surface area contributed by atoms with Crippen LogP contribution in [0.4, 0.5) is 4.79 Å². The molecule has 1 aromatic carbocycles. The monoisotopic (exact) mass is 219 g/mol. The summed E-state index contributed by atoms with van der Waals surface area (Å²) in [6.45, 7) is 0. The Balaban J connectivity index is 2.31. The molecule has 2 rings (SSSR count). The highest BCUT2D eigenvalue weighted by molar-refractivity contribution is 6.15. The van der Waals surface area contributed by atoms with Gasteiger partial charge in [-0.1, -0.05) is 30.3 Å². The lowest BCUT2D eigenvalue weighted by Crippen LogP contribution is -2.35. The molecular formula is C11H9NO4. The molecule has 0 bridgehead atoms. The van der Waals surface area contributed by atoms with Crippen LogP contribution in [-0.4, -0.2) is 27.9 Å². The number of nitrogens with zero attached hydrogens (tertiary/aromatic N) is 1. The number of carboxylic acid groups (broad SMARTS) is 1. The van der Waals surface area contributed by atoms with Gasteiger partial charge in [0.2, 0.25) is 11.8 Å². The van der Waals surface area contributed by atoms with E-state index >= 15 is 0 Å². The smallest absolute Gasteiger partial charge is 0.421 e. The van der Waals surface area contributed by atoms with Crippen LogP contribution in [-0.2, 0) is 9.59 Å². The van der Waals surface area contributed by atoms with Crippen LogP contribution in [0.1, 0.15) is 17.9 Å². The van der Waals surface area contributed by atoms with Crippen molar-refractivity contribution in [3.8, 4) is 0 Å². The van der Waals surface area contributed by atoms with Gasteiger partial charge in [-0.25, -0.2) is 4.79 Å². The van der Waals surface area contributed by atoms with Crippen molar-refractivity contribution < 1.29 is 19.5 Å². The van der Waals surface area contributed by atoms with E-state index in [-0.39, 0.29) is 11.3 Å². The average molecular weight is 219 g/mol. The van der Waals surface area contributed by atoms with E-state index < -0.39 is 23.8 Å². The quantitative estimate of drug-likeness (QED) is 0.720. The molecule has 1 aliphatic heterocycles. The zero-order chi connectivity index (χ0) is 11.7. The van der Waals surface area contributed by atoms with Gasteiger partial charge in [-0.05, 0) is 5.56 Å². The number of amides is 3. The maximum atomic E-state index is 11.7. The first kappa shape index (κ1) is 10.4. The van der Waals surface area contributed by atoms with Crippen LogP contribution in [0.3, 0.4) is 0 Å². The van der Waals surface area contributed by atoms with Crippen molar-refractivity contribution in [1.29, 1.82) is 0 Å². The van der Waals surface area contributed by atoms with Crippen molar-refractivity contribution in [2.75, 3.05) is 0 Å². The third kappa shape index (κ3) is 1.56. The molecule has 5 heteroatoms. The van der Waals surface area contributed by atoms with Gasteiger partial charge in [0.1, 0.15) is 0 Å². The van der Waals surface area contributed by atoms with Gasteiger partial charge in [0, 0.05) is 6.42 Å². The molecule has 16 heavy (non-hydrogen) atoms. The topological polar surface area (TPSA) is 74.7 Å². The summed E-state index contributed by atoms with van der Waals surface area (Å²) in [5, 5.41) is 8.70. The summed E-state index contributed by atoms with van der Waals surface area (Å²) in [7, 11) is 0. The third-order valence-corrected chi connectivity index (χ3v) is 2.54. The summed E-state index contributed by atoms with van der Waals surface area (Å²) in [5.74, 6) is -1.99. The van der Waals surface area contributed by atoms with Crippen LogP contribution in [0.2, 0.25) is 0 Å². The van der Waals surface area contributed by atoms with E-state index in [1.165, 1.54) is 0 Å². The second kappa shape index (κ2) is 3.77. The summed E-state index contributed by atoms with van der Waals surface area (Å²) in [6, 6.07) is 8.70. The Hall–Kier alpha value is -2.17. The molecule has 1 unspecified atom stereocenters. The number of imide groups is 3. The van der Waals surface area contributed by atoms with Crippen LogP contribution in [0, 0.1) is 0 Å². The highest BCUT2D eigenvalue weighted by Crippen LogP contribution is 2.29. The number of benzene rings is 1. The molecule has 0 aromatic heterocycles. The molecule has 0 saturated carbocycles. The Morgan fingerprint density at radius 3 is 2.38 bits per heavy atom. The molecule has 0 spiro atoms. The molecule has 82 valence electrons. The molecule has 1 heterocycles. The van der Waals surface area contributed by atoms with E-state index in [1.807, 2.05) is 0 Å². The van der Waals surface area contributed by atoms with E-state index in [0.29, 0.717) is 5.56 Å². The van der Waals surface area contributed by atoms with Gasteiger partial charge < -0.3 is 5.11 Å². The van der Waals surface area contributed by atoms with E-state index in [4.69, 9.17) is 5.11 Å². The maximum absolute atomic E-state index is 11.7. The lowest BCUT2D eigenvalue weighted by atomic mass is 9.98. The lowest BCUT2D eigenvalue weighted by Gasteiger charge is -2.08. The normalized spacial score (nSPS) is 20.2. The van der Waals surface area contributed by atoms with Crippen molar-refractivity contribution in [1.82, 2.24) is 4.90 Å². The SMILES string of the molecule is O=C(O)N1C(=O)CC(c2ccccc2)C1=O. The second-order valence-electron chi connectivity index (χ2n) is 3.52. The van der Waals surface area contributed by atoms with Gasteiger partial charge in [0.05, 0.1) is 5.92 Å². The Morgan fingerprint density at radius 2 is 1.88 bits per heavy atom. The largest absolute Gasteiger partial charge is 0.464 e. The molecule has 1 aromatic rings. The molecule has 1 N–H and O–H groups in total. The third-order valence-electron chi connectivity index (χ3n) is 2.54. The van der Waals surface area contributed by atoms with Gasteiger partial charge in [-0.3, -0.25) is 9.59 Å². The summed E-state index contributed by atoms with van der Waals surface area (Å²) >= 11 is 0. The summed E-state index contributed by atoms with van der Waals surface area (Å²) in [6.07, 6.45) is -1.58. The fourth-order valence-electron chi connectivity index (χ4n) is 1.78. The van der Waals surface area contributed by atoms with E-state index in [0.717, 1.165) is 0 Å². The Kier molecular flexibility index (Phi) is 2.44. The Labute approximate surface area is 91.3 Å². The second-order valence-corrected chi connectivity index (χ2v) is 3.52. The number of hydrogen-bond acceptors (Lipinski definition) is 3. The first-order valence-electron chi connectivity index (χ1n) is 4.76. The number of carbonyl (C=O) groups excluding carboxylic acids is 2. The molecular weight excluding hydrogens is 210 g/mol. The zero-order valence-corrected chi connectivity index (χ0v) is 8.29. The van der Waals surface area contributed by atoms with Crippen molar-refractivity contribution in [2.24, 2.45) is 0 Å². The van der Waals surface area contributed by atoms with E-state index in [9.17, 15) is 14.4 Å². The first-order valence-corrected chi connectivity index (χ1v) is 4.76. The minimum Gasteiger partial charge on any atom is -0.464 e. The summed E-state index contributed by atoms with van der Waals surface area (Å²) in [4.78, 5) is 34.0. The highest BCUT2D eigenvalue weighted by atomic mass is 16.4. The molecule has 1 saturated heterocycles. The lowest BCUT2D eigenvalue weighted by molar-refractivity contribution is -0.135. The minimum absolute atomic E-state index is 0.0743. The maximum Gasteiger partial charge on any atom is 0.421 e. The van der Waals surface area contributed by atoms with Crippen LogP contribution in [0.25, 0.3) is 0 Å². The van der Waals surface area contributed by atoms with E-state index in [2.05, 4.69) is 0 Å². The molecule has 1 fully saturated rings. The van der Waals surface area contributed by atoms with Gasteiger partial charge in [-0.2, -0.15) is 4.90 Å². The number of hydrogen-bond donors (Lipinski definition) is 1. The number of carbonyl (C=O) groups is 3. The van der Waals surface area contributed by atoms with Gasteiger partial charge in [-0.15, -0.1) is 0 Å².